The van der Waals surface area contributed by atoms with Crippen LogP contribution < -0.4 is 5.32 Å². The van der Waals surface area contributed by atoms with E-state index < -0.39 is 0 Å². The summed E-state index contributed by atoms with van der Waals surface area (Å²) >= 11 is 1.13. The maximum atomic E-state index is 12.8. The van der Waals surface area contributed by atoms with E-state index in [-0.39, 0.29) is 17.7 Å². The number of aryl methyl sites for hydroxylation is 2. The van der Waals surface area contributed by atoms with Crippen LogP contribution in [-0.2, 0) is 6.54 Å². The molecular formula is C22H24N6O2S. The lowest BCUT2D eigenvalue weighted by molar-refractivity contribution is 0.0708. The zero-order chi connectivity index (χ0) is 21.8. The van der Waals surface area contributed by atoms with E-state index in [4.69, 9.17) is 0 Å². The van der Waals surface area contributed by atoms with Crippen molar-refractivity contribution >= 4 is 23.3 Å². The molecule has 2 amide bonds. The Balaban J connectivity index is 1.43. The molecule has 160 valence electrons. The normalized spacial score (nSPS) is 16.2. The molecule has 1 N–H and O–H groups in total. The number of aromatic nitrogens is 4. The molecular weight excluding hydrogens is 412 g/mol. The summed E-state index contributed by atoms with van der Waals surface area (Å²) in [5, 5.41) is 6.86. The van der Waals surface area contributed by atoms with E-state index in [9.17, 15) is 9.59 Å². The molecule has 8 nitrogen and oxygen atoms in total. The molecule has 0 aliphatic carbocycles. The fourth-order valence-corrected chi connectivity index (χ4v) is 4.35. The number of hydrogen-bond donors (Lipinski definition) is 1. The summed E-state index contributed by atoms with van der Waals surface area (Å²) in [6.07, 6.45) is 3.38. The number of benzene rings is 1. The molecule has 1 atom stereocenters. The number of carbonyl (C=O) groups excluding carboxylic acids is 2. The lowest BCUT2D eigenvalue weighted by Gasteiger charge is -2.31. The Labute approximate surface area is 184 Å². The van der Waals surface area contributed by atoms with Gasteiger partial charge in [0.25, 0.3) is 11.8 Å². The Morgan fingerprint density at radius 1 is 1.19 bits per heavy atom. The van der Waals surface area contributed by atoms with E-state index in [0.717, 1.165) is 29.9 Å². The third-order valence-electron chi connectivity index (χ3n) is 5.46. The zero-order valence-electron chi connectivity index (χ0n) is 17.5. The van der Waals surface area contributed by atoms with Gasteiger partial charge in [0.15, 0.2) is 0 Å². The molecule has 1 fully saturated rings. The first-order valence-corrected chi connectivity index (χ1v) is 11.0. The Kier molecular flexibility index (Phi) is 6.31. The Morgan fingerprint density at radius 2 is 2.00 bits per heavy atom. The number of likely N-dealkylation sites (tertiary alicyclic amines) is 1. The van der Waals surface area contributed by atoms with E-state index >= 15 is 0 Å². The van der Waals surface area contributed by atoms with Crippen molar-refractivity contribution in [3.8, 4) is 0 Å². The number of nitrogens with one attached hydrogen (secondary N) is 1. The van der Waals surface area contributed by atoms with Crippen LogP contribution in [0.1, 0.15) is 61.6 Å². The fourth-order valence-electron chi connectivity index (χ4n) is 3.72. The van der Waals surface area contributed by atoms with Crippen LogP contribution in [0, 0.1) is 13.8 Å². The van der Waals surface area contributed by atoms with Gasteiger partial charge >= 0.3 is 0 Å². The predicted molar refractivity (Wildman–Crippen MR) is 117 cm³/mol. The van der Waals surface area contributed by atoms with E-state index in [0.29, 0.717) is 47.3 Å². The van der Waals surface area contributed by atoms with Gasteiger partial charge in [0, 0.05) is 31.7 Å². The zero-order valence-corrected chi connectivity index (χ0v) is 18.4. The van der Waals surface area contributed by atoms with Crippen molar-refractivity contribution in [1.29, 1.82) is 0 Å². The predicted octanol–water partition coefficient (Wildman–Crippen LogP) is 2.89. The molecule has 9 heteroatoms. The van der Waals surface area contributed by atoms with Gasteiger partial charge in [-0.1, -0.05) is 34.8 Å². The Hall–Kier alpha value is -3.20. The van der Waals surface area contributed by atoms with Gasteiger partial charge in [-0.25, -0.2) is 9.97 Å². The van der Waals surface area contributed by atoms with Gasteiger partial charge in [0.1, 0.15) is 10.7 Å². The lowest BCUT2D eigenvalue weighted by atomic mass is 9.96. The van der Waals surface area contributed by atoms with E-state index in [1.165, 1.54) is 0 Å². The van der Waals surface area contributed by atoms with Gasteiger partial charge in [-0.2, -0.15) is 0 Å². The Bertz CT molecular complexity index is 1080. The molecule has 0 bridgehead atoms. The molecule has 1 saturated heterocycles. The monoisotopic (exact) mass is 436 g/mol. The molecule has 1 aromatic carbocycles. The van der Waals surface area contributed by atoms with E-state index in [2.05, 4.69) is 24.9 Å². The summed E-state index contributed by atoms with van der Waals surface area (Å²) in [4.78, 5) is 36.9. The molecule has 1 unspecified atom stereocenters. The number of hydrogen-bond acceptors (Lipinski definition) is 7. The van der Waals surface area contributed by atoms with Crippen molar-refractivity contribution in [2.24, 2.45) is 0 Å². The highest BCUT2D eigenvalue weighted by Crippen LogP contribution is 2.27. The molecule has 3 aromatic rings. The first kappa shape index (κ1) is 21.0. The van der Waals surface area contributed by atoms with E-state index in [1.54, 1.807) is 13.1 Å². The van der Waals surface area contributed by atoms with Gasteiger partial charge in [0.05, 0.1) is 17.0 Å². The lowest BCUT2D eigenvalue weighted by Crippen LogP contribution is -2.39. The molecule has 1 aliphatic rings. The first-order chi connectivity index (χ1) is 15.0. The average molecular weight is 437 g/mol. The van der Waals surface area contributed by atoms with Gasteiger partial charge < -0.3 is 10.2 Å². The SMILES string of the molecule is Cc1nc(C2CCCN(C(=O)c3snnc3C)C2)ncc1C(=O)NCc1ccccc1. The summed E-state index contributed by atoms with van der Waals surface area (Å²) in [5.74, 6) is 0.486. The van der Waals surface area contributed by atoms with Crippen LogP contribution in [-0.4, -0.2) is 49.4 Å². The largest absolute Gasteiger partial charge is 0.348 e. The second kappa shape index (κ2) is 9.30. The number of carbonyl (C=O) groups is 2. The minimum Gasteiger partial charge on any atom is -0.348 e. The van der Waals surface area contributed by atoms with Gasteiger partial charge in [-0.15, -0.1) is 5.10 Å². The number of rotatable bonds is 5. The van der Waals surface area contributed by atoms with Crippen LogP contribution >= 0.6 is 11.5 Å². The second-order valence-corrected chi connectivity index (χ2v) is 8.43. The minimum atomic E-state index is -0.193. The molecule has 0 spiro atoms. The van der Waals surface area contributed by atoms with E-state index in [1.807, 2.05) is 42.2 Å². The summed E-state index contributed by atoms with van der Waals surface area (Å²) < 4.78 is 3.87. The topological polar surface area (TPSA) is 101 Å². The maximum absolute atomic E-state index is 12.8. The van der Waals surface area contributed by atoms with Crippen molar-refractivity contribution < 1.29 is 9.59 Å². The minimum absolute atomic E-state index is 0.0363. The van der Waals surface area contributed by atoms with Crippen molar-refractivity contribution in [1.82, 2.24) is 29.8 Å². The van der Waals surface area contributed by atoms with Gasteiger partial charge in [-0.05, 0) is 43.8 Å². The van der Waals surface area contributed by atoms with Crippen molar-refractivity contribution in [2.45, 2.75) is 39.2 Å². The molecule has 3 heterocycles. The molecule has 0 saturated carbocycles. The number of piperidine rings is 1. The van der Waals surface area contributed by atoms with Crippen LogP contribution in [0.15, 0.2) is 36.5 Å². The number of amides is 2. The second-order valence-electron chi connectivity index (χ2n) is 7.67. The third-order valence-corrected chi connectivity index (χ3v) is 6.27. The van der Waals surface area contributed by atoms with Crippen molar-refractivity contribution in [2.75, 3.05) is 13.1 Å². The quantitative estimate of drug-likeness (QED) is 0.660. The molecule has 2 aromatic heterocycles. The van der Waals surface area contributed by atoms with Crippen LogP contribution in [0.2, 0.25) is 0 Å². The smallest absolute Gasteiger partial charge is 0.267 e. The molecule has 0 radical (unpaired) electrons. The highest BCUT2D eigenvalue weighted by molar-refractivity contribution is 7.07. The van der Waals surface area contributed by atoms with Crippen LogP contribution in [0.3, 0.4) is 0 Å². The van der Waals surface area contributed by atoms with Crippen molar-refractivity contribution in [3.63, 3.8) is 0 Å². The fraction of sp³-hybridized carbons (Fsp3) is 0.364. The molecule has 31 heavy (non-hydrogen) atoms. The highest BCUT2D eigenvalue weighted by Gasteiger charge is 2.29. The van der Waals surface area contributed by atoms with Crippen LogP contribution in [0.5, 0.6) is 0 Å². The van der Waals surface area contributed by atoms with Crippen molar-refractivity contribution in [3.05, 3.63) is 69.7 Å². The third kappa shape index (κ3) is 4.77. The maximum Gasteiger partial charge on any atom is 0.267 e. The summed E-state index contributed by atoms with van der Waals surface area (Å²) in [5.41, 5.74) is 2.80. The summed E-state index contributed by atoms with van der Waals surface area (Å²) in [6, 6.07) is 9.75. The van der Waals surface area contributed by atoms with Gasteiger partial charge in [-0.3, -0.25) is 9.59 Å². The standard InChI is InChI=1S/C22H24N6O2S/c1-14-18(21(29)24-11-16-7-4-3-5-8-16)12-23-20(25-14)17-9-6-10-28(13-17)22(30)19-15(2)26-27-31-19/h3-5,7-8,12,17H,6,9-11,13H2,1-2H3,(H,24,29). The molecule has 4 rings (SSSR count). The van der Waals surface area contributed by atoms with Crippen LogP contribution in [0.25, 0.3) is 0 Å². The average Bonchev–Trinajstić information content (AvgIpc) is 3.23. The highest BCUT2D eigenvalue weighted by atomic mass is 32.1. The first-order valence-electron chi connectivity index (χ1n) is 10.3. The Morgan fingerprint density at radius 3 is 2.71 bits per heavy atom. The summed E-state index contributed by atoms with van der Waals surface area (Å²) in [7, 11) is 0. The summed E-state index contributed by atoms with van der Waals surface area (Å²) in [6.45, 7) is 5.32. The van der Waals surface area contributed by atoms with Gasteiger partial charge in [0.2, 0.25) is 0 Å². The number of nitrogens with zero attached hydrogens (tertiary/aromatic N) is 5. The van der Waals surface area contributed by atoms with Crippen LogP contribution in [0.4, 0.5) is 0 Å². The molecule has 1 aliphatic heterocycles.